The molecular formula is C6H12O6S. The summed E-state index contributed by atoms with van der Waals surface area (Å²) in [5.74, 6) is 0. The second kappa shape index (κ2) is 6.52. The van der Waals surface area contributed by atoms with Crippen LogP contribution in [0.3, 0.4) is 0 Å². The maximum Gasteiger partial charge on any atom is 0.294 e. The summed E-state index contributed by atoms with van der Waals surface area (Å²) in [6.45, 7) is 0. The molecule has 0 saturated heterocycles. The van der Waals surface area contributed by atoms with Crippen molar-refractivity contribution in [2.75, 3.05) is 0 Å². The van der Waals surface area contributed by atoms with E-state index in [-0.39, 0.29) is 21.3 Å². The van der Waals surface area contributed by atoms with Gasteiger partial charge in [0.1, 0.15) is 0 Å². The van der Waals surface area contributed by atoms with Crippen LogP contribution >= 0.6 is 0 Å². The van der Waals surface area contributed by atoms with E-state index in [9.17, 15) is 8.42 Å². The molecule has 1 aromatic rings. The van der Waals surface area contributed by atoms with Gasteiger partial charge >= 0.3 is 0 Å². The summed E-state index contributed by atoms with van der Waals surface area (Å²) in [5.41, 5.74) is 0. The first kappa shape index (κ1) is 17.9. The van der Waals surface area contributed by atoms with Gasteiger partial charge in [-0.3, -0.25) is 4.55 Å². The van der Waals surface area contributed by atoms with Crippen LogP contribution in [0.25, 0.3) is 0 Å². The first-order valence-corrected chi connectivity index (χ1v) is 4.07. The molecule has 0 aliphatic rings. The highest BCUT2D eigenvalue weighted by atomic mass is 32.2. The molecule has 0 aliphatic carbocycles. The summed E-state index contributed by atoms with van der Waals surface area (Å²) in [5, 5.41) is 0. The van der Waals surface area contributed by atoms with Gasteiger partial charge in [-0.2, -0.15) is 8.42 Å². The van der Waals surface area contributed by atoms with Crippen molar-refractivity contribution in [2.45, 2.75) is 4.90 Å². The lowest BCUT2D eigenvalue weighted by atomic mass is 10.4. The van der Waals surface area contributed by atoms with E-state index >= 15 is 0 Å². The fourth-order valence-corrected chi connectivity index (χ4v) is 1.09. The minimum atomic E-state index is -4.00. The Morgan fingerprint density at radius 1 is 0.923 bits per heavy atom. The van der Waals surface area contributed by atoms with Crippen molar-refractivity contribution in [2.24, 2.45) is 0 Å². The lowest BCUT2D eigenvalue weighted by Crippen LogP contribution is -1.96. The standard InChI is InChI=1S/C6H6O3S.3H2O/c7-10(8,9)6-4-2-1-3-5-6;;;/h1-5H,(H,7,8,9);3*1H2. The maximum atomic E-state index is 10.4. The topological polar surface area (TPSA) is 149 Å². The molecule has 1 aromatic carbocycles. The minimum Gasteiger partial charge on any atom is -0.412 e. The van der Waals surface area contributed by atoms with E-state index in [1.165, 1.54) is 12.1 Å². The summed E-state index contributed by atoms with van der Waals surface area (Å²) < 4.78 is 29.2. The summed E-state index contributed by atoms with van der Waals surface area (Å²) in [6, 6.07) is 7.42. The van der Waals surface area contributed by atoms with Gasteiger partial charge in [0, 0.05) is 0 Å². The minimum absolute atomic E-state index is 0. The second-order valence-corrected chi connectivity index (χ2v) is 3.21. The monoisotopic (exact) mass is 212 g/mol. The van der Waals surface area contributed by atoms with Crippen molar-refractivity contribution >= 4 is 10.1 Å². The zero-order chi connectivity index (χ0) is 7.61. The van der Waals surface area contributed by atoms with Crippen LogP contribution in [0.1, 0.15) is 0 Å². The number of benzene rings is 1. The van der Waals surface area contributed by atoms with Crippen LogP contribution in [0.2, 0.25) is 0 Å². The summed E-state index contributed by atoms with van der Waals surface area (Å²) in [4.78, 5) is -0.0741. The van der Waals surface area contributed by atoms with E-state index in [4.69, 9.17) is 4.55 Å². The highest BCUT2D eigenvalue weighted by Gasteiger charge is 2.05. The van der Waals surface area contributed by atoms with Crippen LogP contribution in [0.15, 0.2) is 35.2 Å². The fourth-order valence-electron chi connectivity index (χ4n) is 0.592. The Balaban J connectivity index is -0.000000333. The van der Waals surface area contributed by atoms with Crippen LogP contribution < -0.4 is 0 Å². The Morgan fingerprint density at radius 3 is 1.54 bits per heavy atom. The van der Waals surface area contributed by atoms with Crippen molar-refractivity contribution in [3.63, 3.8) is 0 Å². The quantitative estimate of drug-likeness (QED) is 0.562. The predicted molar refractivity (Wildman–Crippen MR) is 47.1 cm³/mol. The van der Waals surface area contributed by atoms with Crippen molar-refractivity contribution in [3.05, 3.63) is 30.3 Å². The van der Waals surface area contributed by atoms with Gasteiger partial charge in [0.2, 0.25) is 0 Å². The molecule has 13 heavy (non-hydrogen) atoms. The molecule has 7 heteroatoms. The lowest BCUT2D eigenvalue weighted by Gasteiger charge is -1.92. The lowest BCUT2D eigenvalue weighted by molar-refractivity contribution is 0.483. The first-order chi connectivity index (χ1) is 4.61. The van der Waals surface area contributed by atoms with Gasteiger partial charge in [-0.15, -0.1) is 0 Å². The molecule has 78 valence electrons. The predicted octanol–water partition coefficient (Wildman–Crippen LogP) is -1.54. The zero-order valence-electron chi connectivity index (χ0n) is 6.56. The molecule has 0 radical (unpaired) electrons. The summed E-state index contributed by atoms with van der Waals surface area (Å²) >= 11 is 0. The molecule has 0 fully saturated rings. The molecule has 0 aromatic heterocycles. The Kier molecular flexibility index (Phi) is 8.99. The highest BCUT2D eigenvalue weighted by Crippen LogP contribution is 2.05. The zero-order valence-corrected chi connectivity index (χ0v) is 7.38. The van der Waals surface area contributed by atoms with Gasteiger partial charge in [-0.05, 0) is 12.1 Å². The molecule has 0 bridgehead atoms. The van der Waals surface area contributed by atoms with Gasteiger partial charge in [-0.1, -0.05) is 18.2 Å². The van der Waals surface area contributed by atoms with Gasteiger partial charge in [0.25, 0.3) is 10.1 Å². The van der Waals surface area contributed by atoms with Crippen LogP contribution in [0.4, 0.5) is 0 Å². The smallest absolute Gasteiger partial charge is 0.294 e. The molecular weight excluding hydrogens is 200 g/mol. The van der Waals surface area contributed by atoms with Crippen LogP contribution in [-0.4, -0.2) is 29.4 Å². The van der Waals surface area contributed by atoms with E-state index in [0.29, 0.717) is 0 Å². The highest BCUT2D eigenvalue weighted by molar-refractivity contribution is 7.85. The molecule has 1 rings (SSSR count). The van der Waals surface area contributed by atoms with E-state index in [0.717, 1.165) is 0 Å². The van der Waals surface area contributed by atoms with E-state index < -0.39 is 10.1 Å². The third-order valence-electron chi connectivity index (χ3n) is 1.04. The van der Waals surface area contributed by atoms with Crippen LogP contribution in [-0.2, 0) is 10.1 Å². The number of hydrogen-bond donors (Lipinski definition) is 1. The fraction of sp³-hybridized carbons (Fsp3) is 0. The molecule has 0 atom stereocenters. The van der Waals surface area contributed by atoms with Crippen molar-refractivity contribution in [3.8, 4) is 0 Å². The third kappa shape index (κ3) is 5.28. The van der Waals surface area contributed by atoms with E-state index in [1.807, 2.05) is 0 Å². The van der Waals surface area contributed by atoms with Gasteiger partial charge in [0.05, 0.1) is 4.90 Å². The average molecular weight is 212 g/mol. The van der Waals surface area contributed by atoms with Crippen molar-refractivity contribution < 1.29 is 29.4 Å². The second-order valence-electron chi connectivity index (χ2n) is 1.79. The van der Waals surface area contributed by atoms with E-state index in [1.54, 1.807) is 18.2 Å². The molecule has 7 N–H and O–H groups in total. The maximum absolute atomic E-state index is 10.4. The molecule has 6 nitrogen and oxygen atoms in total. The molecule has 0 spiro atoms. The van der Waals surface area contributed by atoms with Gasteiger partial charge in [0.15, 0.2) is 0 Å². The van der Waals surface area contributed by atoms with Crippen LogP contribution in [0, 0.1) is 0 Å². The average Bonchev–Trinajstić information content (AvgIpc) is 1.88. The first-order valence-electron chi connectivity index (χ1n) is 2.63. The molecule has 0 saturated carbocycles. The van der Waals surface area contributed by atoms with Crippen molar-refractivity contribution in [1.82, 2.24) is 0 Å². The summed E-state index contributed by atoms with van der Waals surface area (Å²) in [6.07, 6.45) is 0. The molecule has 0 heterocycles. The normalized spacial score (nSPS) is 8.69. The van der Waals surface area contributed by atoms with Gasteiger partial charge in [-0.25, -0.2) is 0 Å². The van der Waals surface area contributed by atoms with E-state index in [2.05, 4.69) is 0 Å². The Labute approximate surface area is 75.5 Å². The molecule has 0 unspecified atom stereocenters. The van der Waals surface area contributed by atoms with Gasteiger partial charge < -0.3 is 16.4 Å². The largest absolute Gasteiger partial charge is 0.412 e. The van der Waals surface area contributed by atoms with Crippen molar-refractivity contribution in [1.29, 1.82) is 0 Å². The summed E-state index contributed by atoms with van der Waals surface area (Å²) in [7, 11) is -4.00. The SMILES string of the molecule is O.O.O.O=S(=O)(O)c1ccccc1. The number of rotatable bonds is 1. The Morgan fingerprint density at radius 2 is 1.31 bits per heavy atom. The number of hydrogen-bond acceptors (Lipinski definition) is 2. The molecule has 0 aliphatic heterocycles. The van der Waals surface area contributed by atoms with Crippen LogP contribution in [0.5, 0.6) is 0 Å². The Bertz CT molecular complexity index is 305. The third-order valence-corrected chi connectivity index (χ3v) is 1.91. The Hall–Kier alpha value is -0.990. The molecule has 0 amide bonds.